The first-order valence-electron chi connectivity index (χ1n) is 11.7. The summed E-state index contributed by atoms with van der Waals surface area (Å²) in [6.07, 6.45) is 4.79. The number of methoxy groups -OCH3 is 1. The van der Waals surface area contributed by atoms with E-state index in [9.17, 15) is 9.70 Å². The molecule has 0 bridgehead atoms. The Bertz CT molecular complexity index is 1290. The molecule has 6 heteroatoms. The monoisotopic (exact) mass is 458 g/mol. The van der Waals surface area contributed by atoms with E-state index in [1.165, 1.54) is 23.8 Å². The number of hydrogen-bond donors (Lipinski definition) is 1. The summed E-state index contributed by atoms with van der Waals surface area (Å²) in [5.41, 5.74) is 6.83. The fourth-order valence-electron chi connectivity index (χ4n) is 4.62. The number of H-pyrrole nitrogens is 1. The van der Waals surface area contributed by atoms with Crippen molar-refractivity contribution in [2.75, 3.05) is 20.3 Å². The Morgan fingerprint density at radius 1 is 1.00 bits per heavy atom. The van der Waals surface area contributed by atoms with Gasteiger partial charge < -0.3 is 14.5 Å². The summed E-state index contributed by atoms with van der Waals surface area (Å²) >= 11 is 0. The zero-order valence-electron chi connectivity index (χ0n) is 19.7. The van der Waals surface area contributed by atoms with Gasteiger partial charge >= 0.3 is 5.97 Å². The van der Waals surface area contributed by atoms with Gasteiger partial charge in [-0.2, -0.15) is 4.91 Å². The van der Waals surface area contributed by atoms with E-state index in [4.69, 9.17) is 9.47 Å². The topological polar surface area (TPSA) is 80.8 Å². The van der Waals surface area contributed by atoms with Crippen molar-refractivity contribution in [2.24, 2.45) is 5.18 Å². The summed E-state index contributed by atoms with van der Waals surface area (Å²) in [4.78, 5) is 25.8. The third-order valence-electron chi connectivity index (χ3n) is 6.24. The standard InChI is InChI=1S/C21H22N2O4.C7H8/c1-26-18(24)12-27-21-15-7-3-2-5-14(15)11-17-20(21)19-13(9-10-22-25)6-4-8-16(19)23-17;1-7-5-3-2-4-6-7/h4,6,8,11,23H,2-3,5,7,9-10,12H2,1H3;2-6H,1H3. The first kappa shape index (κ1) is 23.5. The summed E-state index contributed by atoms with van der Waals surface area (Å²) in [7, 11) is 1.36. The van der Waals surface area contributed by atoms with E-state index in [0.717, 1.165) is 58.8 Å². The molecule has 1 aromatic heterocycles. The number of hydrogen-bond acceptors (Lipinski definition) is 5. The van der Waals surface area contributed by atoms with Gasteiger partial charge in [0.1, 0.15) is 5.75 Å². The lowest BCUT2D eigenvalue weighted by Crippen LogP contribution is -2.15. The number of aromatic amines is 1. The number of aryl methyl sites for hydroxylation is 2. The van der Waals surface area contributed by atoms with Crippen molar-refractivity contribution < 1.29 is 14.3 Å². The Labute approximate surface area is 199 Å². The molecule has 0 radical (unpaired) electrons. The van der Waals surface area contributed by atoms with Gasteiger partial charge in [0, 0.05) is 16.3 Å². The molecule has 1 aliphatic rings. The molecule has 6 nitrogen and oxygen atoms in total. The molecule has 0 fully saturated rings. The van der Waals surface area contributed by atoms with Crippen LogP contribution in [0.4, 0.5) is 0 Å². The zero-order valence-corrected chi connectivity index (χ0v) is 19.7. The summed E-state index contributed by atoms with van der Waals surface area (Å²) in [5.74, 6) is 0.368. The molecule has 3 aromatic carbocycles. The van der Waals surface area contributed by atoms with Gasteiger partial charge in [-0.15, -0.1) is 0 Å². The lowest BCUT2D eigenvalue weighted by Gasteiger charge is -2.21. The molecule has 0 unspecified atom stereocenters. The summed E-state index contributed by atoms with van der Waals surface area (Å²) in [5, 5.41) is 5.04. The smallest absolute Gasteiger partial charge is 0.343 e. The first-order chi connectivity index (χ1) is 16.6. The molecule has 34 heavy (non-hydrogen) atoms. The van der Waals surface area contributed by atoms with Gasteiger partial charge in [-0.05, 0) is 67.9 Å². The van der Waals surface area contributed by atoms with Crippen molar-refractivity contribution in [3.8, 4) is 5.75 Å². The van der Waals surface area contributed by atoms with Crippen molar-refractivity contribution in [1.29, 1.82) is 0 Å². The fourth-order valence-corrected chi connectivity index (χ4v) is 4.62. The van der Waals surface area contributed by atoms with Gasteiger partial charge in [0.25, 0.3) is 0 Å². The van der Waals surface area contributed by atoms with Crippen LogP contribution in [-0.2, 0) is 28.8 Å². The van der Waals surface area contributed by atoms with Crippen molar-refractivity contribution in [1.82, 2.24) is 4.98 Å². The molecule has 1 heterocycles. The van der Waals surface area contributed by atoms with Crippen molar-refractivity contribution in [3.63, 3.8) is 0 Å². The minimum Gasteiger partial charge on any atom is -0.481 e. The Balaban J connectivity index is 0.000000336. The molecular weight excluding hydrogens is 428 g/mol. The summed E-state index contributed by atoms with van der Waals surface area (Å²) in [6, 6.07) is 18.5. The van der Waals surface area contributed by atoms with Crippen LogP contribution >= 0.6 is 0 Å². The van der Waals surface area contributed by atoms with E-state index in [0.29, 0.717) is 6.42 Å². The lowest BCUT2D eigenvalue weighted by atomic mass is 9.88. The molecule has 5 rings (SSSR count). The predicted octanol–water partition coefficient (Wildman–Crippen LogP) is 6.06. The van der Waals surface area contributed by atoms with Crippen molar-refractivity contribution >= 4 is 27.8 Å². The maximum Gasteiger partial charge on any atom is 0.343 e. The highest BCUT2D eigenvalue weighted by Crippen LogP contribution is 2.42. The molecule has 0 amide bonds. The summed E-state index contributed by atoms with van der Waals surface area (Å²) in [6.45, 7) is 2.20. The van der Waals surface area contributed by atoms with Gasteiger partial charge in [-0.3, -0.25) is 0 Å². The number of nitrogens with zero attached hydrogens (tertiary/aromatic N) is 1. The lowest BCUT2D eigenvalue weighted by molar-refractivity contribution is -0.142. The number of esters is 1. The largest absolute Gasteiger partial charge is 0.481 e. The molecule has 176 valence electrons. The molecule has 0 saturated heterocycles. The van der Waals surface area contributed by atoms with Gasteiger partial charge in [0.05, 0.1) is 19.2 Å². The average molecular weight is 459 g/mol. The molecule has 1 aliphatic carbocycles. The second-order valence-corrected chi connectivity index (χ2v) is 8.56. The molecule has 4 aromatic rings. The Hall–Kier alpha value is -3.67. The van der Waals surface area contributed by atoms with Gasteiger partial charge in [-0.1, -0.05) is 53.2 Å². The summed E-state index contributed by atoms with van der Waals surface area (Å²) < 4.78 is 10.8. The number of aromatic nitrogens is 1. The molecule has 0 aliphatic heterocycles. The van der Waals surface area contributed by atoms with Crippen LogP contribution in [0.1, 0.15) is 35.1 Å². The highest BCUT2D eigenvalue weighted by Gasteiger charge is 2.22. The van der Waals surface area contributed by atoms with Crippen LogP contribution in [-0.4, -0.2) is 31.2 Å². The molecule has 0 atom stereocenters. The fraction of sp³-hybridized carbons (Fsp3) is 0.321. The SMILES string of the molecule is COC(=O)COc1c2c(cc3[nH]c4cccc(CCN=O)c4c13)CCCC2.Cc1ccccc1. The van der Waals surface area contributed by atoms with E-state index >= 15 is 0 Å². The first-order valence-corrected chi connectivity index (χ1v) is 11.7. The Morgan fingerprint density at radius 2 is 1.79 bits per heavy atom. The normalized spacial score (nSPS) is 12.5. The highest BCUT2D eigenvalue weighted by molar-refractivity contribution is 6.13. The van der Waals surface area contributed by atoms with Crippen LogP contribution in [0, 0.1) is 11.8 Å². The second kappa shape index (κ2) is 11.0. The number of carbonyl (C=O) groups excluding carboxylic acids is 1. The van der Waals surface area contributed by atoms with Gasteiger partial charge in [-0.25, -0.2) is 4.79 Å². The minimum atomic E-state index is -0.401. The quantitative estimate of drug-likeness (QED) is 0.281. The molecular formula is C28H30N2O4. The van der Waals surface area contributed by atoms with E-state index < -0.39 is 5.97 Å². The van der Waals surface area contributed by atoms with Gasteiger partial charge in [0.15, 0.2) is 6.61 Å². The third-order valence-corrected chi connectivity index (χ3v) is 6.24. The number of rotatable bonds is 6. The van der Waals surface area contributed by atoms with Crippen LogP contribution in [0.15, 0.2) is 59.8 Å². The Morgan fingerprint density at radius 3 is 2.50 bits per heavy atom. The van der Waals surface area contributed by atoms with E-state index in [1.807, 2.05) is 36.4 Å². The van der Waals surface area contributed by atoms with Crippen LogP contribution in [0.2, 0.25) is 0 Å². The van der Waals surface area contributed by atoms with Crippen LogP contribution in [0.5, 0.6) is 5.75 Å². The zero-order chi connectivity index (χ0) is 23.9. The maximum absolute atomic E-state index is 11.7. The number of ether oxygens (including phenoxy) is 2. The van der Waals surface area contributed by atoms with Gasteiger partial charge in [0.2, 0.25) is 0 Å². The minimum absolute atomic E-state index is 0.118. The van der Waals surface area contributed by atoms with Crippen LogP contribution in [0.3, 0.4) is 0 Å². The van der Waals surface area contributed by atoms with E-state index in [1.54, 1.807) is 0 Å². The van der Waals surface area contributed by atoms with Crippen LogP contribution < -0.4 is 4.74 Å². The highest BCUT2D eigenvalue weighted by atomic mass is 16.6. The number of nitrogens with one attached hydrogen (secondary N) is 1. The van der Waals surface area contributed by atoms with Crippen molar-refractivity contribution in [3.05, 3.63) is 81.8 Å². The maximum atomic E-state index is 11.7. The number of carbonyl (C=O) groups is 1. The number of nitroso groups, excluding NO2 is 1. The number of fused-ring (bicyclic) bond motifs is 4. The molecule has 1 N–H and O–H groups in total. The van der Waals surface area contributed by atoms with Crippen molar-refractivity contribution in [2.45, 2.75) is 39.0 Å². The number of benzene rings is 3. The predicted molar refractivity (Wildman–Crippen MR) is 136 cm³/mol. The van der Waals surface area contributed by atoms with E-state index in [2.05, 4.69) is 35.3 Å². The Kier molecular flexibility index (Phi) is 7.58. The van der Waals surface area contributed by atoms with E-state index in [-0.39, 0.29) is 13.2 Å². The average Bonchev–Trinajstić information content (AvgIpc) is 3.24. The third kappa shape index (κ3) is 5.11. The molecule has 0 saturated carbocycles. The second-order valence-electron chi connectivity index (χ2n) is 8.56. The van der Waals surface area contributed by atoms with Crippen LogP contribution in [0.25, 0.3) is 21.8 Å². The molecule has 0 spiro atoms.